The molecule has 0 saturated carbocycles. The van der Waals surface area contributed by atoms with E-state index in [0.717, 1.165) is 30.4 Å². The van der Waals surface area contributed by atoms with E-state index >= 15 is 0 Å². The van der Waals surface area contributed by atoms with Gasteiger partial charge in [-0.1, -0.05) is 12.1 Å². The van der Waals surface area contributed by atoms with Crippen LogP contribution < -0.4 is 10.6 Å². The van der Waals surface area contributed by atoms with Gasteiger partial charge in [0.1, 0.15) is 0 Å². The third kappa shape index (κ3) is 8.10. The number of nitro groups is 1. The minimum atomic E-state index is -0.402. The van der Waals surface area contributed by atoms with Crippen molar-refractivity contribution in [2.24, 2.45) is 4.99 Å². The maximum atomic E-state index is 10.6. The van der Waals surface area contributed by atoms with Crippen molar-refractivity contribution in [1.82, 2.24) is 10.6 Å². The van der Waals surface area contributed by atoms with Crippen molar-refractivity contribution in [3.05, 3.63) is 39.9 Å². The molecule has 0 amide bonds. The van der Waals surface area contributed by atoms with Crippen LogP contribution in [0.2, 0.25) is 0 Å². The van der Waals surface area contributed by atoms with Crippen molar-refractivity contribution in [3.63, 3.8) is 0 Å². The smallest absolute Gasteiger partial charge is 0.269 e. The van der Waals surface area contributed by atoms with E-state index in [1.165, 1.54) is 12.1 Å². The number of nitrogens with one attached hydrogen (secondary N) is 2. The molecule has 0 spiro atoms. The minimum absolute atomic E-state index is 0. The topological polar surface area (TPSA) is 79.6 Å². The van der Waals surface area contributed by atoms with Gasteiger partial charge in [-0.05, 0) is 18.7 Å². The van der Waals surface area contributed by atoms with E-state index in [0.29, 0.717) is 6.54 Å². The van der Waals surface area contributed by atoms with Crippen molar-refractivity contribution < 1.29 is 4.92 Å². The summed E-state index contributed by atoms with van der Waals surface area (Å²) in [5.41, 5.74) is 1.04. The number of nitrogens with zero attached hydrogens (tertiary/aromatic N) is 2. The van der Waals surface area contributed by atoms with Gasteiger partial charge in [0.2, 0.25) is 0 Å². The first kappa shape index (κ1) is 20.0. The lowest BCUT2D eigenvalue weighted by atomic mass is 10.2. The molecule has 0 aliphatic carbocycles. The van der Waals surface area contributed by atoms with Gasteiger partial charge < -0.3 is 10.6 Å². The summed E-state index contributed by atoms with van der Waals surface area (Å²) in [5.74, 6) is 1.78. The largest absolute Gasteiger partial charge is 0.357 e. The van der Waals surface area contributed by atoms with Crippen molar-refractivity contribution in [2.75, 3.05) is 25.1 Å². The Labute approximate surface area is 146 Å². The summed E-state index contributed by atoms with van der Waals surface area (Å²) in [6.07, 6.45) is 2.06. The minimum Gasteiger partial charge on any atom is -0.357 e. The standard InChI is InChI=1S/C13H20N4O2S.HI/c1-3-14-13(15-8-9-20-2)16-10-11-4-6-12(7-5-11)17(18)19;/h4-7H,3,8-10H2,1-2H3,(H2,14,15,16);1H. The molecule has 0 atom stereocenters. The highest BCUT2D eigenvalue weighted by Gasteiger charge is 2.03. The van der Waals surface area contributed by atoms with Gasteiger partial charge >= 0.3 is 0 Å². The zero-order valence-corrected chi connectivity index (χ0v) is 15.3. The van der Waals surface area contributed by atoms with Crippen molar-refractivity contribution >= 4 is 47.4 Å². The summed E-state index contributed by atoms with van der Waals surface area (Å²) in [6.45, 7) is 4.16. The van der Waals surface area contributed by atoms with E-state index in [1.807, 2.05) is 6.92 Å². The highest BCUT2D eigenvalue weighted by Crippen LogP contribution is 2.12. The van der Waals surface area contributed by atoms with Crippen LogP contribution in [0.1, 0.15) is 12.5 Å². The summed E-state index contributed by atoms with van der Waals surface area (Å²) < 4.78 is 0. The molecular formula is C13H21IN4O2S. The second kappa shape index (κ2) is 11.6. The maximum absolute atomic E-state index is 10.6. The van der Waals surface area contributed by atoms with E-state index < -0.39 is 4.92 Å². The number of guanidine groups is 1. The molecule has 118 valence electrons. The molecular weight excluding hydrogens is 403 g/mol. The molecule has 0 fully saturated rings. The van der Waals surface area contributed by atoms with Gasteiger partial charge in [0.15, 0.2) is 5.96 Å². The molecule has 2 N–H and O–H groups in total. The van der Waals surface area contributed by atoms with Crippen LogP contribution in [0.25, 0.3) is 0 Å². The van der Waals surface area contributed by atoms with E-state index in [9.17, 15) is 10.1 Å². The Hall–Kier alpha value is -1.03. The Morgan fingerprint density at radius 3 is 2.52 bits per heavy atom. The summed E-state index contributed by atoms with van der Waals surface area (Å²) in [6, 6.07) is 6.46. The molecule has 0 aliphatic heterocycles. The third-order valence-corrected chi connectivity index (χ3v) is 3.12. The average Bonchev–Trinajstić information content (AvgIpc) is 2.45. The fourth-order valence-corrected chi connectivity index (χ4v) is 1.81. The lowest BCUT2D eigenvalue weighted by Gasteiger charge is -2.10. The first-order chi connectivity index (χ1) is 9.67. The number of benzene rings is 1. The fourth-order valence-electron chi connectivity index (χ4n) is 1.51. The zero-order valence-electron chi connectivity index (χ0n) is 12.2. The normalized spacial score (nSPS) is 10.7. The molecule has 0 saturated heterocycles. The monoisotopic (exact) mass is 424 g/mol. The second-order valence-corrected chi connectivity index (χ2v) is 5.02. The van der Waals surface area contributed by atoms with Crippen LogP contribution in [-0.4, -0.2) is 36.0 Å². The van der Waals surface area contributed by atoms with Crippen LogP contribution in [0.5, 0.6) is 0 Å². The molecule has 0 bridgehead atoms. The summed E-state index contributed by atoms with van der Waals surface area (Å²) in [5, 5.41) is 17.0. The molecule has 21 heavy (non-hydrogen) atoms. The van der Waals surface area contributed by atoms with Crippen LogP contribution in [0.4, 0.5) is 5.69 Å². The Morgan fingerprint density at radius 1 is 1.33 bits per heavy atom. The van der Waals surface area contributed by atoms with Crippen LogP contribution in [0.3, 0.4) is 0 Å². The summed E-state index contributed by atoms with van der Waals surface area (Å²) >= 11 is 1.77. The molecule has 0 aliphatic rings. The molecule has 0 radical (unpaired) electrons. The molecule has 6 nitrogen and oxygen atoms in total. The summed E-state index contributed by atoms with van der Waals surface area (Å²) in [7, 11) is 0. The Kier molecular flexibility index (Phi) is 11.0. The van der Waals surface area contributed by atoms with E-state index in [2.05, 4.69) is 21.9 Å². The number of rotatable bonds is 7. The number of aliphatic imine (C=N–C) groups is 1. The molecule has 0 aromatic heterocycles. The molecule has 0 unspecified atom stereocenters. The SMILES string of the molecule is CCNC(=NCc1ccc([N+](=O)[O-])cc1)NCCSC.I. The number of hydrogen-bond donors (Lipinski definition) is 2. The van der Waals surface area contributed by atoms with Crippen molar-refractivity contribution in [1.29, 1.82) is 0 Å². The molecule has 1 aromatic carbocycles. The van der Waals surface area contributed by atoms with Crippen LogP contribution >= 0.6 is 35.7 Å². The van der Waals surface area contributed by atoms with Crippen LogP contribution in [0.15, 0.2) is 29.3 Å². The number of nitro benzene ring substituents is 1. The van der Waals surface area contributed by atoms with Gasteiger partial charge in [0, 0.05) is 31.0 Å². The van der Waals surface area contributed by atoms with Crippen LogP contribution in [-0.2, 0) is 6.54 Å². The number of hydrogen-bond acceptors (Lipinski definition) is 4. The number of non-ortho nitro benzene ring substituents is 1. The Bertz CT molecular complexity index is 454. The maximum Gasteiger partial charge on any atom is 0.269 e. The quantitative estimate of drug-likeness (QED) is 0.176. The fraction of sp³-hybridized carbons (Fsp3) is 0.462. The first-order valence-electron chi connectivity index (χ1n) is 6.41. The lowest BCUT2D eigenvalue weighted by Crippen LogP contribution is -2.38. The van der Waals surface area contributed by atoms with Crippen LogP contribution in [0, 0.1) is 10.1 Å². The third-order valence-electron chi connectivity index (χ3n) is 2.51. The van der Waals surface area contributed by atoms with Gasteiger partial charge in [-0.25, -0.2) is 4.99 Å². The Balaban J connectivity index is 0.00000400. The van der Waals surface area contributed by atoms with E-state index in [1.54, 1.807) is 23.9 Å². The number of halogens is 1. The first-order valence-corrected chi connectivity index (χ1v) is 7.81. The second-order valence-electron chi connectivity index (χ2n) is 4.04. The van der Waals surface area contributed by atoms with Gasteiger partial charge in [-0.2, -0.15) is 11.8 Å². The highest BCUT2D eigenvalue weighted by molar-refractivity contribution is 14.0. The zero-order chi connectivity index (χ0) is 14.8. The van der Waals surface area contributed by atoms with E-state index in [-0.39, 0.29) is 29.7 Å². The van der Waals surface area contributed by atoms with Gasteiger partial charge in [0.25, 0.3) is 5.69 Å². The molecule has 1 rings (SSSR count). The predicted octanol–water partition coefficient (Wildman–Crippen LogP) is 2.63. The molecule has 8 heteroatoms. The van der Waals surface area contributed by atoms with Crippen molar-refractivity contribution in [2.45, 2.75) is 13.5 Å². The lowest BCUT2D eigenvalue weighted by molar-refractivity contribution is -0.384. The number of thioether (sulfide) groups is 1. The average molecular weight is 424 g/mol. The van der Waals surface area contributed by atoms with Crippen molar-refractivity contribution in [3.8, 4) is 0 Å². The van der Waals surface area contributed by atoms with Gasteiger partial charge in [-0.3, -0.25) is 10.1 Å². The molecule has 0 heterocycles. The Morgan fingerprint density at radius 2 is 2.00 bits per heavy atom. The van der Waals surface area contributed by atoms with Gasteiger partial charge in [-0.15, -0.1) is 24.0 Å². The predicted molar refractivity (Wildman–Crippen MR) is 99.7 cm³/mol. The molecule has 1 aromatic rings. The summed E-state index contributed by atoms with van der Waals surface area (Å²) in [4.78, 5) is 14.6. The van der Waals surface area contributed by atoms with Gasteiger partial charge in [0.05, 0.1) is 11.5 Å². The van der Waals surface area contributed by atoms with E-state index in [4.69, 9.17) is 0 Å². The highest BCUT2D eigenvalue weighted by atomic mass is 127.